The SMILES string of the molecule is O[C@H](COc1ccc(F)cc1Cl)CN1CCN(c2cccc(C(F)(F)F)c2)CC1. The van der Waals surface area contributed by atoms with E-state index in [-0.39, 0.29) is 11.6 Å². The molecule has 158 valence electrons. The van der Waals surface area contributed by atoms with Gasteiger partial charge in [0, 0.05) is 38.4 Å². The van der Waals surface area contributed by atoms with Crippen molar-refractivity contribution < 1.29 is 27.4 Å². The molecule has 1 saturated heterocycles. The van der Waals surface area contributed by atoms with Gasteiger partial charge in [-0.05, 0) is 36.4 Å². The molecule has 0 spiro atoms. The van der Waals surface area contributed by atoms with Crippen LogP contribution in [0.3, 0.4) is 0 Å². The Kier molecular flexibility index (Phi) is 6.87. The summed E-state index contributed by atoms with van der Waals surface area (Å²) in [7, 11) is 0. The Morgan fingerprint density at radius 1 is 1.07 bits per heavy atom. The van der Waals surface area contributed by atoms with Crippen molar-refractivity contribution in [3.8, 4) is 5.75 Å². The molecule has 0 aliphatic carbocycles. The van der Waals surface area contributed by atoms with E-state index in [1.807, 2.05) is 9.80 Å². The van der Waals surface area contributed by atoms with Crippen molar-refractivity contribution in [2.75, 3.05) is 44.2 Å². The summed E-state index contributed by atoms with van der Waals surface area (Å²) in [6, 6.07) is 9.05. The molecular formula is C20H21ClF4N2O2. The monoisotopic (exact) mass is 432 g/mol. The number of rotatable bonds is 6. The molecule has 1 aliphatic rings. The van der Waals surface area contributed by atoms with Gasteiger partial charge >= 0.3 is 6.18 Å². The maximum absolute atomic E-state index is 13.0. The normalized spacial score (nSPS) is 16.7. The Labute approximate surface area is 171 Å². The van der Waals surface area contributed by atoms with Gasteiger partial charge in [-0.1, -0.05) is 17.7 Å². The number of alkyl halides is 3. The molecule has 2 aromatic carbocycles. The summed E-state index contributed by atoms with van der Waals surface area (Å²) in [5.74, 6) is -0.178. The van der Waals surface area contributed by atoms with E-state index in [2.05, 4.69) is 0 Å². The number of hydrogen-bond acceptors (Lipinski definition) is 4. The number of aliphatic hydroxyl groups is 1. The van der Waals surface area contributed by atoms with Crippen molar-refractivity contribution >= 4 is 17.3 Å². The number of hydrogen-bond donors (Lipinski definition) is 1. The van der Waals surface area contributed by atoms with Gasteiger partial charge in [0.25, 0.3) is 0 Å². The van der Waals surface area contributed by atoms with E-state index in [0.29, 0.717) is 44.2 Å². The molecule has 1 heterocycles. The van der Waals surface area contributed by atoms with Crippen LogP contribution in [-0.4, -0.2) is 55.4 Å². The molecule has 1 N–H and O–H groups in total. The molecule has 0 amide bonds. The summed E-state index contributed by atoms with van der Waals surface area (Å²) in [5, 5.41) is 10.3. The molecule has 4 nitrogen and oxygen atoms in total. The number of piperazine rings is 1. The van der Waals surface area contributed by atoms with Crippen LogP contribution in [0.1, 0.15) is 5.56 Å². The van der Waals surface area contributed by atoms with E-state index in [9.17, 15) is 22.7 Å². The molecule has 2 aromatic rings. The minimum Gasteiger partial charge on any atom is -0.489 e. The number of benzene rings is 2. The number of halogens is 5. The molecule has 1 aliphatic heterocycles. The fourth-order valence-corrected chi connectivity index (χ4v) is 3.42. The van der Waals surface area contributed by atoms with Crippen LogP contribution < -0.4 is 9.64 Å². The number of β-amino-alcohol motifs (C(OH)–C–C–N with tert-alkyl or cyclic N) is 1. The van der Waals surface area contributed by atoms with Crippen LogP contribution in [0.2, 0.25) is 5.02 Å². The molecule has 1 fully saturated rings. The number of aliphatic hydroxyl groups excluding tert-OH is 1. The quantitative estimate of drug-likeness (QED) is 0.698. The van der Waals surface area contributed by atoms with Crippen LogP contribution in [0.4, 0.5) is 23.2 Å². The second-order valence-corrected chi connectivity index (χ2v) is 7.28. The van der Waals surface area contributed by atoms with Crippen LogP contribution in [0, 0.1) is 5.82 Å². The lowest BCUT2D eigenvalue weighted by Crippen LogP contribution is -2.49. The van der Waals surface area contributed by atoms with Crippen molar-refractivity contribution in [1.82, 2.24) is 4.90 Å². The second-order valence-electron chi connectivity index (χ2n) is 6.88. The van der Waals surface area contributed by atoms with Crippen molar-refractivity contribution in [2.45, 2.75) is 12.3 Å². The summed E-state index contributed by atoms with van der Waals surface area (Å²) in [5.41, 5.74) is -0.126. The smallest absolute Gasteiger partial charge is 0.416 e. The zero-order chi connectivity index (χ0) is 21.0. The summed E-state index contributed by atoms with van der Waals surface area (Å²) in [4.78, 5) is 3.91. The van der Waals surface area contributed by atoms with Gasteiger partial charge in [0.05, 0.1) is 10.6 Å². The topological polar surface area (TPSA) is 35.9 Å². The van der Waals surface area contributed by atoms with E-state index < -0.39 is 23.7 Å². The lowest BCUT2D eigenvalue weighted by atomic mass is 10.1. The lowest BCUT2D eigenvalue weighted by Gasteiger charge is -2.37. The first kappa shape index (κ1) is 21.7. The summed E-state index contributed by atoms with van der Waals surface area (Å²) >= 11 is 5.89. The summed E-state index contributed by atoms with van der Waals surface area (Å²) < 4.78 is 57.1. The van der Waals surface area contributed by atoms with Crippen LogP contribution in [-0.2, 0) is 6.18 Å². The van der Waals surface area contributed by atoms with Crippen molar-refractivity contribution in [3.63, 3.8) is 0 Å². The molecule has 0 aromatic heterocycles. The highest BCUT2D eigenvalue weighted by molar-refractivity contribution is 6.32. The van der Waals surface area contributed by atoms with Crippen molar-refractivity contribution in [2.24, 2.45) is 0 Å². The average Bonchev–Trinajstić information content (AvgIpc) is 2.67. The van der Waals surface area contributed by atoms with Crippen LogP contribution >= 0.6 is 11.6 Å². The first-order valence-corrected chi connectivity index (χ1v) is 9.50. The Hall–Kier alpha value is -2.03. The zero-order valence-corrected chi connectivity index (χ0v) is 16.3. The highest BCUT2D eigenvalue weighted by Gasteiger charge is 2.31. The predicted molar refractivity (Wildman–Crippen MR) is 103 cm³/mol. The van der Waals surface area contributed by atoms with Gasteiger partial charge in [-0.15, -0.1) is 0 Å². The van der Waals surface area contributed by atoms with E-state index >= 15 is 0 Å². The van der Waals surface area contributed by atoms with Crippen LogP contribution in [0.15, 0.2) is 42.5 Å². The van der Waals surface area contributed by atoms with Crippen molar-refractivity contribution in [3.05, 3.63) is 58.9 Å². The molecule has 0 saturated carbocycles. The van der Waals surface area contributed by atoms with Gasteiger partial charge in [-0.25, -0.2) is 4.39 Å². The molecule has 0 radical (unpaired) electrons. The Bertz CT molecular complexity index is 826. The lowest BCUT2D eigenvalue weighted by molar-refractivity contribution is -0.137. The van der Waals surface area contributed by atoms with Gasteiger partial charge in [0.1, 0.15) is 24.3 Å². The minimum atomic E-state index is -4.37. The maximum Gasteiger partial charge on any atom is 0.416 e. The zero-order valence-electron chi connectivity index (χ0n) is 15.5. The summed E-state index contributed by atoms with van der Waals surface area (Å²) in [6.07, 6.45) is -5.15. The van der Waals surface area contributed by atoms with E-state index in [1.165, 1.54) is 18.2 Å². The van der Waals surface area contributed by atoms with E-state index in [1.54, 1.807) is 6.07 Å². The molecule has 0 bridgehead atoms. The van der Waals surface area contributed by atoms with Gasteiger partial charge in [-0.2, -0.15) is 13.2 Å². The third-order valence-electron chi connectivity index (χ3n) is 4.71. The Balaban J connectivity index is 1.47. The van der Waals surface area contributed by atoms with Gasteiger partial charge in [0.15, 0.2) is 0 Å². The summed E-state index contributed by atoms with van der Waals surface area (Å²) in [6.45, 7) is 2.67. The van der Waals surface area contributed by atoms with Gasteiger partial charge in [-0.3, -0.25) is 4.90 Å². The molecule has 1 atom stereocenters. The fourth-order valence-electron chi connectivity index (χ4n) is 3.20. The van der Waals surface area contributed by atoms with E-state index in [4.69, 9.17) is 16.3 Å². The third-order valence-corrected chi connectivity index (χ3v) is 5.00. The van der Waals surface area contributed by atoms with Gasteiger partial charge in [0.2, 0.25) is 0 Å². The number of nitrogens with zero attached hydrogens (tertiary/aromatic N) is 2. The molecule has 0 unspecified atom stereocenters. The van der Waals surface area contributed by atoms with Crippen molar-refractivity contribution in [1.29, 1.82) is 0 Å². The molecular weight excluding hydrogens is 412 g/mol. The Morgan fingerprint density at radius 2 is 1.79 bits per heavy atom. The fraction of sp³-hybridized carbons (Fsp3) is 0.400. The second kappa shape index (κ2) is 9.19. The third kappa shape index (κ3) is 5.98. The Morgan fingerprint density at radius 3 is 2.45 bits per heavy atom. The van der Waals surface area contributed by atoms with Gasteiger partial charge < -0.3 is 14.7 Å². The minimum absolute atomic E-state index is 0.000799. The van der Waals surface area contributed by atoms with E-state index in [0.717, 1.165) is 18.2 Å². The number of anilines is 1. The molecule has 3 rings (SSSR count). The highest BCUT2D eigenvalue weighted by Crippen LogP contribution is 2.32. The molecule has 29 heavy (non-hydrogen) atoms. The highest BCUT2D eigenvalue weighted by atomic mass is 35.5. The van der Waals surface area contributed by atoms with Crippen LogP contribution in [0.25, 0.3) is 0 Å². The average molecular weight is 433 g/mol. The largest absolute Gasteiger partial charge is 0.489 e. The maximum atomic E-state index is 13.0. The molecule has 9 heteroatoms. The standard InChI is InChI=1S/C20H21ClF4N2O2/c21-18-11-15(22)4-5-19(18)29-13-17(28)12-26-6-8-27(9-7-26)16-3-1-2-14(10-16)20(23,24)25/h1-5,10-11,17,28H,6-9,12-13H2/t17-/m0/s1. The first-order valence-electron chi connectivity index (χ1n) is 9.13. The van der Waals surface area contributed by atoms with Crippen LogP contribution in [0.5, 0.6) is 5.75 Å². The number of ether oxygens (including phenoxy) is 1. The first-order chi connectivity index (χ1) is 13.7. The predicted octanol–water partition coefficient (Wildman–Crippen LogP) is 4.06.